The van der Waals surface area contributed by atoms with Crippen molar-refractivity contribution in [3.63, 3.8) is 0 Å². The van der Waals surface area contributed by atoms with E-state index >= 15 is 0 Å². The zero-order valence-electron chi connectivity index (χ0n) is 16.4. The summed E-state index contributed by atoms with van der Waals surface area (Å²) in [4.78, 5) is 20.5. The molecule has 1 fully saturated rings. The number of aliphatic imine (C=N–C) groups is 1. The van der Waals surface area contributed by atoms with Crippen molar-refractivity contribution in [3.8, 4) is 5.75 Å². The van der Waals surface area contributed by atoms with Crippen LogP contribution in [0.2, 0.25) is 5.02 Å². The first-order valence-corrected chi connectivity index (χ1v) is 9.74. The SMILES string of the molecule is COc1ccc(N2CC=C3N=CC(C)=C(N4CCN(C(C)=O)CC4)N32)c(Cl)c1. The average molecular weight is 402 g/mol. The van der Waals surface area contributed by atoms with Gasteiger partial charge in [0.05, 0.1) is 24.4 Å². The largest absolute Gasteiger partial charge is 0.497 e. The highest BCUT2D eigenvalue weighted by Gasteiger charge is 2.35. The molecule has 1 saturated heterocycles. The van der Waals surface area contributed by atoms with Crippen LogP contribution in [-0.2, 0) is 4.79 Å². The van der Waals surface area contributed by atoms with Gasteiger partial charge < -0.3 is 14.5 Å². The lowest BCUT2D eigenvalue weighted by Gasteiger charge is -2.44. The number of piperazine rings is 1. The maximum absolute atomic E-state index is 11.7. The van der Waals surface area contributed by atoms with Crippen LogP contribution in [0.3, 0.4) is 0 Å². The molecule has 28 heavy (non-hydrogen) atoms. The fourth-order valence-corrected chi connectivity index (χ4v) is 4.09. The maximum atomic E-state index is 11.7. The summed E-state index contributed by atoms with van der Waals surface area (Å²) >= 11 is 6.56. The van der Waals surface area contributed by atoms with Crippen molar-refractivity contribution < 1.29 is 9.53 Å². The number of hydrogen-bond acceptors (Lipinski definition) is 6. The van der Waals surface area contributed by atoms with Crippen molar-refractivity contribution in [2.45, 2.75) is 13.8 Å². The zero-order valence-corrected chi connectivity index (χ0v) is 17.1. The molecule has 148 valence electrons. The molecule has 1 aromatic carbocycles. The molecular formula is C20H24ClN5O2. The Labute approximate surface area is 170 Å². The second-order valence-electron chi connectivity index (χ2n) is 7.03. The quantitative estimate of drug-likeness (QED) is 0.779. The minimum atomic E-state index is 0.129. The summed E-state index contributed by atoms with van der Waals surface area (Å²) < 4.78 is 5.28. The van der Waals surface area contributed by atoms with Crippen LogP contribution in [0.25, 0.3) is 0 Å². The second kappa shape index (κ2) is 7.39. The van der Waals surface area contributed by atoms with E-state index in [9.17, 15) is 4.79 Å². The molecular weight excluding hydrogens is 378 g/mol. The summed E-state index contributed by atoms with van der Waals surface area (Å²) in [5, 5.41) is 4.89. The number of hydrazine groups is 1. The number of halogens is 1. The van der Waals surface area contributed by atoms with Gasteiger partial charge in [0, 0.05) is 51.0 Å². The summed E-state index contributed by atoms with van der Waals surface area (Å²) in [5.41, 5.74) is 1.99. The maximum Gasteiger partial charge on any atom is 0.219 e. The van der Waals surface area contributed by atoms with E-state index in [1.165, 1.54) is 0 Å². The number of hydrogen-bond donors (Lipinski definition) is 0. The summed E-state index contributed by atoms with van der Waals surface area (Å²) in [5.74, 6) is 2.84. The Bertz CT molecular complexity index is 887. The molecule has 0 spiro atoms. The third kappa shape index (κ3) is 3.20. The van der Waals surface area contributed by atoms with Gasteiger partial charge >= 0.3 is 0 Å². The number of carbonyl (C=O) groups is 1. The van der Waals surface area contributed by atoms with Crippen LogP contribution in [0.1, 0.15) is 13.8 Å². The van der Waals surface area contributed by atoms with E-state index < -0.39 is 0 Å². The Hall–Kier alpha value is -2.67. The van der Waals surface area contributed by atoms with Crippen LogP contribution in [0.4, 0.5) is 5.69 Å². The minimum Gasteiger partial charge on any atom is -0.497 e. The van der Waals surface area contributed by atoms with Crippen LogP contribution in [0.15, 0.2) is 46.5 Å². The molecule has 7 nitrogen and oxygen atoms in total. The molecule has 0 aromatic heterocycles. The van der Waals surface area contributed by atoms with Crippen LogP contribution in [-0.4, -0.2) is 66.8 Å². The van der Waals surface area contributed by atoms with E-state index in [1.807, 2.05) is 29.3 Å². The number of methoxy groups -OCH3 is 1. The molecule has 4 rings (SSSR count). The highest BCUT2D eigenvalue weighted by atomic mass is 35.5. The first kappa shape index (κ1) is 18.7. The third-order valence-corrected chi connectivity index (χ3v) is 5.61. The van der Waals surface area contributed by atoms with E-state index in [4.69, 9.17) is 16.3 Å². The molecule has 1 amide bonds. The van der Waals surface area contributed by atoms with Gasteiger partial charge in [-0.15, -0.1) is 0 Å². The van der Waals surface area contributed by atoms with Crippen molar-refractivity contribution in [2.24, 2.45) is 4.99 Å². The number of fused-ring (bicyclic) bond motifs is 1. The fourth-order valence-electron chi connectivity index (χ4n) is 3.82. The molecule has 8 heteroatoms. The minimum absolute atomic E-state index is 0.129. The van der Waals surface area contributed by atoms with Crippen LogP contribution in [0.5, 0.6) is 5.75 Å². The van der Waals surface area contributed by atoms with Gasteiger partial charge in [0.25, 0.3) is 0 Å². The number of carbonyl (C=O) groups excluding carboxylic acids is 1. The van der Waals surface area contributed by atoms with E-state index in [2.05, 4.69) is 32.9 Å². The molecule has 3 aliphatic rings. The number of nitrogens with zero attached hydrogens (tertiary/aromatic N) is 5. The van der Waals surface area contributed by atoms with E-state index in [0.29, 0.717) is 11.6 Å². The number of amides is 1. The van der Waals surface area contributed by atoms with Crippen LogP contribution < -0.4 is 9.75 Å². The molecule has 0 bridgehead atoms. The van der Waals surface area contributed by atoms with Gasteiger partial charge in [-0.1, -0.05) is 11.6 Å². The van der Waals surface area contributed by atoms with E-state index in [-0.39, 0.29) is 5.91 Å². The fraction of sp³-hybridized carbons (Fsp3) is 0.400. The van der Waals surface area contributed by atoms with Gasteiger partial charge in [-0.05, 0) is 25.1 Å². The lowest BCUT2D eigenvalue weighted by atomic mass is 10.2. The Morgan fingerprint density at radius 2 is 1.96 bits per heavy atom. The van der Waals surface area contributed by atoms with Gasteiger partial charge in [0.15, 0.2) is 5.82 Å². The first-order valence-electron chi connectivity index (χ1n) is 9.36. The topological polar surface area (TPSA) is 51.6 Å². The molecule has 0 atom stereocenters. The van der Waals surface area contributed by atoms with Crippen LogP contribution in [0, 0.1) is 0 Å². The third-order valence-electron chi connectivity index (χ3n) is 5.31. The summed E-state index contributed by atoms with van der Waals surface area (Å²) in [6, 6.07) is 5.70. The van der Waals surface area contributed by atoms with Crippen molar-refractivity contribution in [2.75, 3.05) is 44.8 Å². The average Bonchev–Trinajstić information content (AvgIpc) is 3.11. The Morgan fingerprint density at radius 1 is 1.21 bits per heavy atom. The number of benzene rings is 1. The predicted octanol–water partition coefficient (Wildman–Crippen LogP) is 2.71. The first-order chi connectivity index (χ1) is 13.5. The Balaban J connectivity index is 1.64. The summed E-state index contributed by atoms with van der Waals surface area (Å²) in [7, 11) is 1.63. The number of anilines is 1. The van der Waals surface area contributed by atoms with Crippen LogP contribution >= 0.6 is 11.6 Å². The van der Waals surface area contributed by atoms with Gasteiger partial charge in [-0.2, -0.15) is 0 Å². The molecule has 3 heterocycles. The normalized spacial score (nSPS) is 19.2. The van der Waals surface area contributed by atoms with E-state index in [1.54, 1.807) is 14.0 Å². The van der Waals surface area contributed by atoms with Crippen molar-refractivity contribution in [3.05, 3.63) is 46.5 Å². The summed E-state index contributed by atoms with van der Waals surface area (Å²) in [6.07, 6.45) is 4.00. The van der Waals surface area contributed by atoms with Crippen molar-refractivity contribution in [1.82, 2.24) is 14.8 Å². The van der Waals surface area contributed by atoms with E-state index in [0.717, 1.165) is 54.8 Å². The molecule has 0 radical (unpaired) electrons. The smallest absolute Gasteiger partial charge is 0.219 e. The summed E-state index contributed by atoms with van der Waals surface area (Å²) in [6.45, 7) is 7.39. The zero-order chi connectivity index (χ0) is 19.8. The number of ether oxygens (including phenoxy) is 1. The molecule has 3 aliphatic heterocycles. The molecule has 0 unspecified atom stereocenters. The van der Waals surface area contributed by atoms with Gasteiger partial charge in [0.1, 0.15) is 11.6 Å². The molecule has 0 N–H and O–H groups in total. The van der Waals surface area contributed by atoms with Crippen molar-refractivity contribution >= 4 is 29.4 Å². The standard InChI is InChI=1S/C20H24ClN5O2/c1-14-13-22-19-6-7-25(18-5-4-16(28-3)12-17(18)21)26(19)20(14)24-10-8-23(9-11-24)15(2)27/h4-6,12-13H,7-11H2,1-3H3. The molecule has 0 aliphatic carbocycles. The Morgan fingerprint density at radius 3 is 2.61 bits per heavy atom. The Kier molecular flexibility index (Phi) is 4.93. The number of allylic oxidation sites excluding steroid dienone is 1. The van der Waals surface area contributed by atoms with Gasteiger partial charge in [0.2, 0.25) is 5.91 Å². The predicted molar refractivity (Wildman–Crippen MR) is 110 cm³/mol. The van der Waals surface area contributed by atoms with Gasteiger partial charge in [-0.3, -0.25) is 9.80 Å². The van der Waals surface area contributed by atoms with Crippen molar-refractivity contribution in [1.29, 1.82) is 0 Å². The highest BCUT2D eigenvalue weighted by molar-refractivity contribution is 6.33. The number of rotatable bonds is 3. The highest BCUT2D eigenvalue weighted by Crippen LogP contribution is 2.38. The molecule has 0 saturated carbocycles. The van der Waals surface area contributed by atoms with Gasteiger partial charge in [-0.25, -0.2) is 10.0 Å². The monoisotopic (exact) mass is 401 g/mol. The lowest BCUT2D eigenvalue weighted by molar-refractivity contribution is -0.130. The second-order valence-corrected chi connectivity index (χ2v) is 7.44. The lowest BCUT2D eigenvalue weighted by Crippen LogP contribution is -2.52. The molecule has 1 aromatic rings.